The number of aromatic amines is 1. The second-order valence-electron chi connectivity index (χ2n) is 5.09. The normalized spacial score (nSPS) is 10.8. The topological polar surface area (TPSA) is 69.8 Å². The number of para-hydroxylation sites is 1. The van der Waals surface area contributed by atoms with Gasteiger partial charge in [0.2, 0.25) is 0 Å². The van der Waals surface area contributed by atoms with Gasteiger partial charge in [-0.1, -0.05) is 24.3 Å². The fourth-order valence-corrected chi connectivity index (χ4v) is 2.46. The summed E-state index contributed by atoms with van der Waals surface area (Å²) in [7, 11) is 0. The predicted octanol–water partition coefficient (Wildman–Crippen LogP) is 2.24. The van der Waals surface area contributed by atoms with Crippen LogP contribution in [0, 0.1) is 0 Å². The van der Waals surface area contributed by atoms with Crippen LogP contribution in [0.2, 0.25) is 0 Å². The Bertz CT molecular complexity index is 918. The molecule has 4 rings (SSSR count). The second kappa shape index (κ2) is 5.84. The zero-order valence-electron chi connectivity index (χ0n) is 12.3. The standard InChI is InChI=1S/C17H14N6/c1-2-7-14(8-3-1)23-17-15(11-22-23)16(20-12-21-17)19-10-13-6-4-5-9-18-13/h1-9,11-12H,10H2,(H,19,20,21)/p+1. The molecule has 4 aromatic rings. The van der Waals surface area contributed by atoms with Crippen molar-refractivity contribution in [1.29, 1.82) is 0 Å². The zero-order valence-corrected chi connectivity index (χ0v) is 12.3. The van der Waals surface area contributed by atoms with Crippen molar-refractivity contribution in [2.24, 2.45) is 0 Å². The molecule has 0 saturated heterocycles. The summed E-state index contributed by atoms with van der Waals surface area (Å²) in [5.41, 5.74) is 2.84. The van der Waals surface area contributed by atoms with Gasteiger partial charge in [-0.05, 0) is 12.1 Å². The molecular formula is C17H15N6+. The van der Waals surface area contributed by atoms with E-state index in [2.05, 4.69) is 25.4 Å². The number of fused-ring (bicyclic) bond motifs is 1. The number of anilines is 1. The van der Waals surface area contributed by atoms with Crippen molar-refractivity contribution in [2.45, 2.75) is 6.54 Å². The Labute approximate surface area is 132 Å². The van der Waals surface area contributed by atoms with Gasteiger partial charge in [0.1, 0.15) is 18.7 Å². The molecule has 0 aliphatic rings. The van der Waals surface area contributed by atoms with E-state index in [1.165, 1.54) is 0 Å². The summed E-state index contributed by atoms with van der Waals surface area (Å²) in [4.78, 5) is 11.9. The van der Waals surface area contributed by atoms with Crippen molar-refractivity contribution >= 4 is 16.9 Å². The molecule has 1 aromatic carbocycles. The SMILES string of the molecule is c1ccc(-n2ncc3c(NCc4cccc[nH+]4)ncnc32)cc1. The molecule has 6 nitrogen and oxygen atoms in total. The van der Waals surface area contributed by atoms with E-state index in [1.54, 1.807) is 12.5 Å². The summed E-state index contributed by atoms with van der Waals surface area (Å²) in [6.07, 6.45) is 5.25. The van der Waals surface area contributed by atoms with E-state index in [0.29, 0.717) is 6.54 Å². The van der Waals surface area contributed by atoms with Crippen molar-refractivity contribution in [1.82, 2.24) is 19.7 Å². The van der Waals surface area contributed by atoms with Crippen LogP contribution in [0.25, 0.3) is 16.7 Å². The molecule has 0 amide bonds. The maximum atomic E-state index is 4.45. The first-order valence-electron chi connectivity index (χ1n) is 7.35. The second-order valence-corrected chi connectivity index (χ2v) is 5.09. The molecule has 0 bridgehead atoms. The molecule has 0 spiro atoms. The molecular weight excluding hydrogens is 288 g/mol. The molecule has 0 radical (unpaired) electrons. The average molecular weight is 303 g/mol. The van der Waals surface area contributed by atoms with Gasteiger partial charge < -0.3 is 5.32 Å². The molecule has 3 heterocycles. The largest absolute Gasteiger partial charge is 0.359 e. The molecule has 3 aromatic heterocycles. The third-order valence-corrected chi connectivity index (χ3v) is 3.59. The van der Waals surface area contributed by atoms with Crippen LogP contribution >= 0.6 is 0 Å². The minimum absolute atomic E-state index is 0.656. The average Bonchev–Trinajstić information content (AvgIpc) is 3.06. The molecule has 0 aliphatic heterocycles. The van der Waals surface area contributed by atoms with Crippen molar-refractivity contribution < 1.29 is 4.98 Å². The number of benzene rings is 1. The molecule has 23 heavy (non-hydrogen) atoms. The highest BCUT2D eigenvalue weighted by Gasteiger charge is 2.11. The van der Waals surface area contributed by atoms with Gasteiger partial charge in [-0.2, -0.15) is 5.10 Å². The van der Waals surface area contributed by atoms with Crippen LogP contribution in [0.1, 0.15) is 5.69 Å². The number of hydrogen-bond donors (Lipinski definition) is 1. The Balaban J connectivity index is 1.68. The molecule has 0 atom stereocenters. The summed E-state index contributed by atoms with van der Waals surface area (Å²) in [6, 6.07) is 15.9. The first-order chi connectivity index (χ1) is 11.4. The number of nitrogens with zero attached hydrogens (tertiary/aromatic N) is 4. The molecule has 0 fully saturated rings. The van der Waals surface area contributed by atoms with Gasteiger partial charge in [-0.15, -0.1) is 0 Å². The smallest absolute Gasteiger partial charge is 0.198 e. The quantitative estimate of drug-likeness (QED) is 0.628. The first kappa shape index (κ1) is 13.4. The Hall–Kier alpha value is -3.28. The Kier molecular flexibility index (Phi) is 3.40. The number of aromatic nitrogens is 5. The van der Waals surface area contributed by atoms with Gasteiger partial charge in [-0.25, -0.2) is 19.6 Å². The first-order valence-corrected chi connectivity index (χ1v) is 7.35. The molecule has 0 unspecified atom stereocenters. The minimum atomic E-state index is 0.656. The van der Waals surface area contributed by atoms with E-state index >= 15 is 0 Å². The predicted molar refractivity (Wildman–Crippen MR) is 87.0 cm³/mol. The molecule has 2 N–H and O–H groups in total. The lowest BCUT2D eigenvalue weighted by atomic mass is 10.3. The van der Waals surface area contributed by atoms with Crippen LogP contribution in [0.3, 0.4) is 0 Å². The maximum Gasteiger partial charge on any atom is 0.198 e. The van der Waals surface area contributed by atoms with Crippen molar-refractivity contribution in [3.8, 4) is 5.69 Å². The molecule has 0 aliphatic carbocycles. The van der Waals surface area contributed by atoms with Gasteiger partial charge >= 0.3 is 0 Å². The lowest BCUT2D eigenvalue weighted by molar-refractivity contribution is -0.389. The van der Waals surface area contributed by atoms with E-state index in [1.807, 2.05) is 59.4 Å². The number of H-pyrrole nitrogens is 1. The highest BCUT2D eigenvalue weighted by molar-refractivity contribution is 5.87. The third-order valence-electron chi connectivity index (χ3n) is 3.59. The van der Waals surface area contributed by atoms with Gasteiger partial charge in [0, 0.05) is 12.1 Å². The van der Waals surface area contributed by atoms with Crippen molar-refractivity contribution in [2.75, 3.05) is 5.32 Å². The fourth-order valence-electron chi connectivity index (χ4n) is 2.46. The highest BCUT2D eigenvalue weighted by atomic mass is 15.3. The van der Waals surface area contributed by atoms with E-state index in [-0.39, 0.29) is 0 Å². The van der Waals surface area contributed by atoms with Gasteiger partial charge in [0.05, 0.1) is 17.3 Å². The van der Waals surface area contributed by atoms with Crippen molar-refractivity contribution in [3.63, 3.8) is 0 Å². The van der Waals surface area contributed by atoms with E-state index < -0.39 is 0 Å². The number of nitrogens with one attached hydrogen (secondary N) is 2. The number of pyridine rings is 1. The Morgan fingerprint density at radius 1 is 1.00 bits per heavy atom. The minimum Gasteiger partial charge on any atom is -0.359 e. The third kappa shape index (κ3) is 2.62. The van der Waals surface area contributed by atoms with E-state index in [0.717, 1.165) is 28.2 Å². The lowest BCUT2D eigenvalue weighted by Gasteiger charge is -2.05. The summed E-state index contributed by atoms with van der Waals surface area (Å²) >= 11 is 0. The van der Waals surface area contributed by atoms with Crippen LogP contribution in [-0.2, 0) is 6.54 Å². The number of rotatable bonds is 4. The molecule has 112 valence electrons. The summed E-state index contributed by atoms with van der Waals surface area (Å²) in [5, 5.41) is 8.68. The zero-order chi connectivity index (χ0) is 15.5. The molecule has 6 heteroatoms. The van der Waals surface area contributed by atoms with Gasteiger partial charge in [0.25, 0.3) is 0 Å². The molecule has 0 saturated carbocycles. The monoisotopic (exact) mass is 303 g/mol. The van der Waals surface area contributed by atoms with E-state index in [9.17, 15) is 0 Å². The summed E-state index contributed by atoms with van der Waals surface area (Å²) < 4.78 is 1.82. The fraction of sp³-hybridized carbons (Fsp3) is 0.0588. The van der Waals surface area contributed by atoms with Crippen molar-refractivity contribution in [3.05, 3.63) is 72.9 Å². The van der Waals surface area contributed by atoms with Crippen LogP contribution in [0.4, 0.5) is 5.82 Å². The Morgan fingerprint density at radius 3 is 2.70 bits per heavy atom. The van der Waals surface area contributed by atoms with Crippen LogP contribution in [0.15, 0.2) is 67.3 Å². The van der Waals surface area contributed by atoms with Crippen LogP contribution < -0.4 is 10.3 Å². The van der Waals surface area contributed by atoms with Gasteiger partial charge in [-0.3, -0.25) is 0 Å². The van der Waals surface area contributed by atoms with E-state index in [4.69, 9.17) is 0 Å². The van der Waals surface area contributed by atoms with Gasteiger partial charge in [0.15, 0.2) is 17.5 Å². The summed E-state index contributed by atoms with van der Waals surface area (Å²) in [5.74, 6) is 0.773. The maximum absolute atomic E-state index is 4.45. The highest BCUT2D eigenvalue weighted by Crippen LogP contribution is 2.21. The number of hydrogen-bond acceptors (Lipinski definition) is 4. The lowest BCUT2D eigenvalue weighted by Crippen LogP contribution is -2.14. The summed E-state index contributed by atoms with van der Waals surface area (Å²) in [6.45, 7) is 0.656. The van der Waals surface area contributed by atoms with Crippen LogP contribution in [0.5, 0.6) is 0 Å². The Morgan fingerprint density at radius 2 is 1.87 bits per heavy atom. The van der Waals surface area contributed by atoms with Crippen LogP contribution in [-0.4, -0.2) is 19.7 Å².